The summed E-state index contributed by atoms with van der Waals surface area (Å²) in [6, 6.07) is 0. The standard InChI is InChI=1S/C15H28ClN3/c1-8-11-13(16)12(19(7)18-11)9-15(5,6)10-17-14(2,3)4/h17H,8-10H2,1-7H3. The quantitative estimate of drug-likeness (QED) is 0.896. The summed E-state index contributed by atoms with van der Waals surface area (Å²) < 4.78 is 1.93. The Morgan fingerprint density at radius 1 is 1.21 bits per heavy atom. The molecule has 4 heteroatoms. The van der Waals surface area contributed by atoms with Crippen LogP contribution < -0.4 is 5.32 Å². The van der Waals surface area contributed by atoms with Crippen LogP contribution in [0.3, 0.4) is 0 Å². The summed E-state index contributed by atoms with van der Waals surface area (Å²) in [5.74, 6) is 0. The molecule has 0 aliphatic heterocycles. The maximum atomic E-state index is 6.42. The maximum absolute atomic E-state index is 6.42. The molecular weight excluding hydrogens is 258 g/mol. The zero-order valence-electron chi connectivity index (χ0n) is 13.4. The summed E-state index contributed by atoms with van der Waals surface area (Å²) in [6.07, 6.45) is 1.81. The van der Waals surface area contributed by atoms with E-state index in [4.69, 9.17) is 11.6 Å². The van der Waals surface area contributed by atoms with Crippen LogP contribution in [-0.4, -0.2) is 21.9 Å². The van der Waals surface area contributed by atoms with Gasteiger partial charge in [0.2, 0.25) is 0 Å². The molecule has 0 spiro atoms. The Morgan fingerprint density at radius 2 is 1.79 bits per heavy atom. The first-order valence-corrected chi connectivity index (χ1v) is 7.39. The number of hydrogen-bond acceptors (Lipinski definition) is 2. The van der Waals surface area contributed by atoms with Crippen LogP contribution in [0.5, 0.6) is 0 Å². The molecule has 19 heavy (non-hydrogen) atoms. The monoisotopic (exact) mass is 285 g/mol. The molecular formula is C15H28ClN3. The molecule has 1 aromatic rings. The van der Waals surface area contributed by atoms with Gasteiger partial charge in [-0.3, -0.25) is 4.68 Å². The van der Waals surface area contributed by atoms with Crippen molar-refractivity contribution in [1.82, 2.24) is 15.1 Å². The fraction of sp³-hybridized carbons (Fsp3) is 0.800. The van der Waals surface area contributed by atoms with Crippen LogP contribution in [0.25, 0.3) is 0 Å². The number of aromatic nitrogens is 2. The maximum Gasteiger partial charge on any atom is 0.0849 e. The second-order valence-corrected chi connectivity index (χ2v) is 7.51. The van der Waals surface area contributed by atoms with Crippen molar-refractivity contribution in [2.45, 2.75) is 59.9 Å². The molecule has 0 fully saturated rings. The van der Waals surface area contributed by atoms with E-state index in [0.29, 0.717) is 0 Å². The summed E-state index contributed by atoms with van der Waals surface area (Å²) in [7, 11) is 1.98. The highest BCUT2D eigenvalue weighted by atomic mass is 35.5. The number of aryl methyl sites for hydroxylation is 2. The molecule has 0 saturated heterocycles. The molecule has 0 saturated carbocycles. The molecule has 1 N–H and O–H groups in total. The van der Waals surface area contributed by atoms with E-state index in [-0.39, 0.29) is 11.0 Å². The Bertz CT molecular complexity index is 427. The topological polar surface area (TPSA) is 29.9 Å². The zero-order chi connectivity index (χ0) is 14.8. The van der Waals surface area contributed by atoms with E-state index >= 15 is 0 Å². The van der Waals surface area contributed by atoms with Gasteiger partial charge in [-0.1, -0.05) is 32.4 Å². The first-order chi connectivity index (χ1) is 8.56. The van der Waals surface area contributed by atoms with Crippen molar-refractivity contribution in [1.29, 1.82) is 0 Å². The summed E-state index contributed by atoms with van der Waals surface area (Å²) in [5, 5.41) is 8.90. The molecule has 0 amide bonds. The van der Waals surface area contributed by atoms with Crippen LogP contribution in [0, 0.1) is 5.41 Å². The first kappa shape index (κ1) is 16.5. The molecule has 0 aliphatic carbocycles. The number of hydrogen-bond donors (Lipinski definition) is 1. The van der Waals surface area contributed by atoms with E-state index in [1.165, 1.54) is 0 Å². The van der Waals surface area contributed by atoms with Crippen LogP contribution in [0.4, 0.5) is 0 Å². The van der Waals surface area contributed by atoms with E-state index in [1.54, 1.807) is 0 Å². The van der Waals surface area contributed by atoms with Gasteiger partial charge in [0.25, 0.3) is 0 Å². The zero-order valence-corrected chi connectivity index (χ0v) is 14.1. The van der Waals surface area contributed by atoms with Gasteiger partial charge in [0.15, 0.2) is 0 Å². The van der Waals surface area contributed by atoms with Crippen molar-refractivity contribution in [3.05, 3.63) is 16.4 Å². The van der Waals surface area contributed by atoms with Gasteiger partial charge in [-0.25, -0.2) is 0 Å². The van der Waals surface area contributed by atoms with E-state index in [1.807, 2.05) is 11.7 Å². The summed E-state index contributed by atoms with van der Waals surface area (Å²) in [5.41, 5.74) is 2.43. The smallest absolute Gasteiger partial charge is 0.0849 e. The van der Waals surface area contributed by atoms with Gasteiger partial charge < -0.3 is 5.32 Å². The molecule has 0 atom stereocenters. The number of nitrogens with one attached hydrogen (secondary N) is 1. The second kappa shape index (κ2) is 5.84. The molecule has 0 radical (unpaired) electrons. The molecule has 0 aromatic carbocycles. The van der Waals surface area contributed by atoms with Crippen LogP contribution in [-0.2, 0) is 19.9 Å². The van der Waals surface area contributed by atoms with Crippen molar-refractivity contribution in [3.8, 4) is 0 Å². The highest BCUT2D eigenvalue weighted by Crippen LogP contribution is 2.28. The molecule has 0 unspecified atom stereocenters. The van der Waals surface area contributed by atoms with E-state index < -0.39 is 0 Å². The van der Waals surface area contributed by atoms with Gasteiger partial charge >= 0.3 is 0 Å². The van der Waals surface area contributed by atoms with E-state index in [2.05, 4.69) is 52.0 Å². The first-order valence-electron chi connectivity index (χ1n) is 7.01. The minimum atomic E-state index is 0.141. The molecule has 1 aromatic heterocycles. The van der Waals surface area contributed by atoms with Gasteiger partial charge in [-0.2, -0.15) is 5.10 Å². The lowest BCUT2D eigenvalue weighted by Crippen LogP contribution is -2.42. The highest BCUT2D eigenvalue weighted by molar-refractivity contribution is 6.31. The van der Waals surface area contributed by atoms with Crippen LogP contribution in [0.2, 0.25) is 5.02 Å². The molecule has 1 rings (SSSR count). The SMILES string of the molecule is CCc1nn(C)c(CC(C)(C)CNC(C)(C)C)c1Cl. The predicted octanol–water partition coefficient (Wildman–Crippen LogP) is 3.59. The Kier molecular flexibility index (Phi) is 5.08. The number of rotatable bonds is 5. The summed E-state index contributed by atoms with van der Waals surface area (Å²) in [6.45, 7) is 14.1. The second-order valence-electron chi connectivity index (χ2n) is 7.13. The van der Waals surface area contributed by atoms with Gasteiger partial charge in [0.05, 0.1) is 16.4 Å². The average molecular weight is 286 g/mol. The third kappa shape index (κ3) is 4.81. The van der Waals surface area contributed by atoms with Crippen LogP contribution >= 0.6 is 11.6 Å². The number of nitrogens with zero attached hydrogens (tertiary/aromatic N) is 2. The van der Waals surface area contributed by atoms with E-state index in [9.17, 15) is 0 Å². The normalized spacial score (nSPS) is 13.1. The van der Waals surface area contributed by atoms with Gasteiger partial charge in [0, 0.05) is 19.1 Å². The Morgan fingerprint density at radius 3 is 2.21 bits per heavy atom. The highest BCUT2D eigenvalue weighted by Gasteiger charge is 2.25. The fourth-order valence-electron chi connectivity index (χ4n) is 2.03. The van der Waals surface area contributed by atoms with E-state index in [0.717, 1.165) is 35.8 Å². The third-order valence-electron chi connectivity index (χ3n) is 3.25. The molecule has 3 nitrogen and oxygen atoms in total. The van der Waals surface area contributed by atoms with Crippen molar-refractivity contribution in [3.63, 3.8) is 0 Å². The van der Waals surface area contributed by atoms with Gasteiger partial charge in [0.1, 0.15) is 0 Å². The fourth-order valence-corrected chi connectivity index (χ4v) is 2.39. The predicted molar refractivity (Wildman–Crippen MR) is 82.8 cm³/mol. The van der Waals surface area contributed by atoms with Crippen molar-refractivity contribution >= 4 is 11.6 Å². The van der Waals surface area contributed by atoms with Crippen molar-refractivity contribution in [2.24, 2.45) is 12.5 Å². The summed E-state index contributed by atoms with van der Waals surface area (Å²) >= 11 is 6.42. The average Bonchev–Trinajstić information content (AvgIpc) is 2.53. The molecule has 110 valence electrons. The minimum absolute atomic E-state index is 0.141. The Labute approximate surface area is 122 Å². The molecule has 0 aliphatic rings. The van der Waals surface area contributed by atoms with Gasteiger partial charge in [-0.05, 0) is 39.0 Å². The van der Waals surface area contributed by atoms with Gasteiger partial charge in [-0.15, -0.1) is 0 Å². The lowest BCUT2D eigenvalue weighted by atomic mass is 9.86. The van der Waals surface area contributed by atoms with Crippen LogP contribution in [0.1, 0.15) is 52.9 Å². The third-order valence-corrected chi connectivity index (χ3v) is 3.68. The largest absolute Gasteiger partial charge is 0.312 e. The molecule has 1 heterocycles. The van der Waals surface area contributed by atoms with Crippen molar-refractivity contribution in [2.75, 3.05) is 6.54 Å². The Hall–Kier alpha value is -0.540. The summed E-state index contributed by atoms with van der Waals surface area (Å²) in [4.78, 5) is 0. The Balaban J connectivity index is 2.80. The lowest BCUT2D eigenvalue weighted by Gasteiger charge is -2.30. The number of halogens is 1. The molecule has 0 bridgehead atoms. The van der Waals surface area contributed by atoms with Crippen LogP contribution in [0.15, 0.2) is 0 Å². The van der Waals surface area contributed by atoms with Crippen molar-refractivity contribution < 1.29 is 0 Å². The lowest BCUT2D eigenvalue weighted by molar-refractivity contribution is 0.284. The minimum Gasteiger partial charge on any atom is -0.312 e.